The van der Waals surface area contributed by atoms with E-state index in [1.807, 2.05) is 13.0 Å². The number of benzene rings is 1. The van der Waals surface area contributed by atoms with E-state index in [9.17, 15) is 0 Å². The average Bonchev–Trinajstić information content (AvgIpc) is 2.44. The van der Waals surface area contributed by atoms with E-state index in [1.54, 1.807) is 11.8 Å². The van der Waals surface area contributed by atoms with E-state index in [2.05, 4.69) is 36.2 Å². The zero-order chi connectivity index (χ0) is 10.1. The molecule has 0 aromatic heterocycles. The van der Waals surface area contributed by atoms with Gasteiger partial charge in [-0.05, 0) is 25.1 Å². The molecule has 0 aliphatic carbocycles. The molecule has 3 heteroatoms. The van der Waals surface area contributed by atoms with Gasteiger partial charge in [0, 0.05) is 16.8 Å². The zero-order valence-electron chi connectivity index (χ0n) is 8.15. The smallest absolute Gasteiger partial charge is 0.0809 e. The summed E-state index contributed by atoms with van der Waals surface area (Å²) in [5, 5.41) is 1.21. The Morgan fingerprint density at radius 3 is 2.79 bits per heavy atom. The van der Waals surface area contributed by atoms with Crippen LogP contribution in [0.25, 0.3) is 0 Å². The van der Waals surface area contributed by atoms with Crippen molar-refractivity contribution in [1.29, 1.82) is 0 Å². The van der Waals surface area contributed by atoms with Crippen LogP contribution in [0.2, 0.25) is 0 Å². The number of hydrogen-bond acceptors (Lipinski definition) is 3. The first-order valence-electron chi connectivity index (χ1n) is 4.41. The third kappa shape index (κ3) is 1.70. The van der Waals surface area contributed by atoms with Crippen LogP contribution in [0.3, 0.4) is 0 Å². The molecule has 0 saturated carbocycles. The molecule has 1 nitrogen and oxygen atoms in total. The quantitative estimate of drug-likeness (QED) is 0.528. The maximum Gasteiger partial charge on any atom is 0.0809 e. The number of thioether (sulfide) groups is 1. The van der Waals surface area contributed by atoms with Crippen molar-refractivity contribution in [2.24, 2.45) is 0 Å². The normalized spacial score (nSPS) is 17.3. The van der Waals surface area contributed by atoms with E-state index in [-0.39, 0.29) is 0 Å². The van der Waals surface area contributed by atoms with E-state index < -0.39 is 0 Å². The zero-order valence-corrected chi connectivity index (χ0v) is 9.78. The van der Waals surface area contributed by atoms with Crippen molar-refractivity contribution in [1.82, 2.24) is 0 Å². The number of rotatable bonds is 1. The third-order valence-corrected chi connectivity index (χ3v) is 3.38. The number of thiocarbonyl (C=S) groups is 1. The molecule has 2 rings (SSSR count). The lowest BCUT2D eigenvalue weighted by molar-refractivity contribution is 1.18. The molecular formula is C11H11NS2. The van der Waals surface area contributed by atoms with Crippen molar-refractivity contribution in [3.8, 4) is 0 Å². The van der Waals surface area contributed by atoms with Gasteiger partial charge in [0.15, 0.2) is 0 Å². The van der Waals surface area contributed by atoms with Gasteiger partial charge < -0.3 is 4.90 Å². The van der Waals surface area contributed by atoms with Crippen LogP contribution < -0.4 is 4.90 Å². The number of allylic oxidation sites excluding steroid dienone is 1. The van der Waals surface area contributed by atoms with Crippen LogP contribution in [-0.2, 0) is 0 Å². The van der Waals surface area contributed by atoms with Crippen molar-refractivity contribution >= 4 is 34.5 Å². The lowest BCUT2D eigenvalue weighted by atomic mass is 10.3. The lowest BCUT2D eigenvalue weighted by Gasteiger charge is -2.12. The molecule has 0 N–H and O–H groups in total. The summed E-state index contributed by atoms with van der Waals surface area (Å²) < 4.78 is 0. The molecule has 0 bridgehead atoms. The fourth-order valence-corrected chi connectivity index (χ4v) is 2.76. The van der Waals surface area contributed by atoms with Crippen LogP contribution in [0.1, 0.15) is 6.92 Å². The van der Waals surface area contributed by atoms with Crippen LogP contribution >= 0.6 is 24.0 Å². The molecule has 1 aliphatic heterocycles. The molecule has 0 amide bonds. The summed E-state index contributed by atoms with van der Waals surface area (Å²) in [6, 6.07) is 8.38. The van der Waals surface area contributed by atoms with Crippen LogP contribution in [0.4, 0.5) is 5.69 Å². The van der Waals surface area contributed by atoms with Gasteiger partial charge in [-0.15, -0.1) is 0 Å². The summed E-state index contributed by atoms with van der Waals surface area (Å²) in [4.78, 5) is 4.40. The van der Waals surface area contributed by atoms with Crippen molar-refractivity contribution in [3.05, 3.63) is 35.4 Å². The largest absolute Gasteiger partial charge is 0.338 e. The highest BCUT2D eigenvalue weighted by Gasteiger charge is 2.20. The Kier molecular flexibility index (Phi) is 2.61. The number of anilines is 1. The predicted molar refractivity (Wildman–Crippen MR) is 67.1 cm³/mol. The van der Waals surface area contributed by atoms with E-state index in [0.29, 0.717) is 0 Å². The van der Waals surface area contributed by atoms with Crippen molar-refractivity contribution in [2.45, 2.75) is 11.8 Å². The fourth-order valence-electron chi connectivity index (χ4n) is 1.42. The van der Waals surface area contributed by atoms with Crippen molar-refractivity contribution in [2.75, 3.05) is 11.9 Å². The molecular weight excluding hydrogens is 210 g/mol. The Labute approximate surface area is 93.8 Å². The van der Waals surface area contributed by atoms with Gasteiger partial charge in [-0.1, -0.05) is 36.1 Å². The topological polar surface area (TPSA) is 3.24 Å². The maximum atomic E-state index is 5.08. The van der Waals surface area contributed by atoms with E-state index in [4.69, 9.17) is 12.2 Å². The summed E-state index contributed by atoms with van der Waals surface area (Å²) in [6.07, 6.45) is 2.04. The van der Waals surface area contributed by atoms with Gasteiger partial charge in [0.05, 0.1) is 10.7 Å². The molecule has 0 unspecified atom stereocenters. The Bertz CT molecular complexity index is 410. The minimum Gasteiger partial charge on any atom is -0.338 e. The Balaban J connectivity index is 2.39. The molecule has 72 valence electrons. The van der Waals surface area contributed by atoms with Gasteiger partial charge in [0.25, 0.3) is 0 Å². The van der Waals surface area contributed by atoms with E-state index in [0.717, 1.165) is 4.86 Å². The van der Waals surface area contributed by atoms with Gasteiger partial charge in [-0.2, -0.15) is 0 Å². The second kappa shape index (κ2) is 3.75. The van der Waals surface area contributed by atoms with Crippen molar-refractivity contribution < 1.29 is 0 Å². The minimum absolute atomic E-state index is 0.923. The van der Waals surface area contributed by atoms with Gasteiger partial charge in [-0.25, -0.2) is 0 Å². The van der Waals surface area contributed by atoms with Crippen LogP contribution in [0.5, 0.6) is 0 Å². The number of hydrogen-bond donors (Lipinski definition) is 0. The molecule has 1 aromatic rings. The third-order valence-electron chi connectivity index (χ3n) is 2.10. The minimum atomic E-state index is 0.923. The summed E-state index contributed by atoms with van der Waals surface area (Å²) in [6.45, 7) is 1.94. The SMILES string of the molecule is CC(=S)/C=C1/Sc2ccccc2N1C. The van der Waals surface area contributed by atoms with Gasteiger partial charge in [-0.3, -0.25) is 0 Å². The van der Waals surface area contributed by atoms with Crippen LogP contribution in [-0.4, -0.2) is 11.9 Å². The summed E-state index contributed by atoms with van der Waals surface area (Å²) in [5.41, 5.74) is 1.26. The second-order valence-electron chi connectivity index (χ2n) is 3.22. The molecule has 0 radical (unpaired) electrons. The maximum absolute atomic E-state index is 5.08. The summed E-state index contributed by atoms with van der Waals surface area (Å²) in [5.74, 6) is 0. The van der Waals surface area contributed by atoms with Gasteiger partial charge in [0.2, 0.25) is 0 Å². The summed E-state index contributed by atoms with van der Waals surface area (Å²) >= 11 is 6.85. The molecule has 0 atom stereocenters. The Morgan fingerprint density at radius 1 is 1.43 bits per heavy atom. The Morgan fingerprint density at radius 2 is 2.14 bits per heavy atom. The first-order valence-corrected chi connectivity index (χ1v) is 5.64. The monoisotopic (exact) mass is 221 g/mol. The number of nitrogens with zero attached hydrogens (tertiary/aromatic N) is 1. The first-order chi connectivity index (χ1) is 6.68. The molecule has 0 spiro atoms. The predicted octanol–water partition coefficient (Wildman–Crippen LogP) is 3.46. The molecule has 1 aromatic carbocycles. The fraction of sp³-hybridized carbons (Fsp3) is 0.182. The molecule has 1 heterocycles. The van der Waals surface area contributed by atoms with Gasteiger partial charge >= 0.3 is 0 Å². The van der Waals surface area contributed by atoms with E-state index in [1.165, 1.54) is 15.6 Å². The van der Waals surface area contributed by atoms with E-state index >= 15 is 0 Å². The molecule has 1 aliphatic rings. The molecule has 0 saturated heterocycles. The highest BCUT2D eigenvalue weighted by molar-refractivity contribution is 8.03. The van der Waals surface area contributed by atoms with Crippen molar-refractivity contribution in [3.63, 3.8) is 0 Å². The standard InChI is InChI=1S/C11H11NS2/c1-8(13)7-11-12(2)9-5-3-4-6-10(9)14-11/h3-7H,1-2H3/b11-7+. The molecule has 0 fully saturated rings. The van der Waals surface area contributed by atoms with Crippen LogP contribution in [0, 0.1) is 0 Å². The number of fused-ring (bicyclic) bond motifs is 1. The van der Waals surface area contributed by atoms with Crippen LogP contribution in [0.15, 0.2) is 40.3 Å². The Hall–Kier alpha value is -0.800. The highest BCUT2D eigenvalue weighted by Crippen LogP contribution is 2.44. The second-order valence-corrected chi connectivity index (χ2v) is 4.93. The van der Waals surface area contributed by atoms with Gasteiger partial charge in [0.1, 0.15) is 0 Å². The molecule has 14 heavy (non-hydrogen) atoms. The first kappa shape index (κ1) is 9.74. The average molecular weight is 221 g/mol. The highest BCUT2D eigenvalue weighted by atomic mass is 32.2. The summed E-state index contributed by atoms with van der Waals surface area (Å²) in [7, 11) is 2.07. The number of para-hydroxylation sites is 1. The lowest BCUT2D eigenvalue weighted by Crippen LogP contribution is -2.10.